The molecule has 0 unspecified atom stereocenters. The fourth-order valence-electron chi connectivity index (χ4n) is 2.55. The van der Waals surface area contributed by atoms with Crippen LogP contribution in [0.15, 0.2) is 30.3 Å². The number of nitrogens with one attached hydrogen (secondary N) is 2. The Morgan fingerprint density at radius 1 is 1.17 bits per heavy atom. The predicted octanol–water partition coefficient (Wildman–Crippen LogP) is 2.32. The largest absolute Gasteiger partial charge is 0.378 e. The van der Waals surface area contributed by atoms with Crippen molar-refractivity contribution in [3.05, 3.63) is 36.0 Å². The number of carbonyl (C=O) groups excluding carboxylic acids is 1. The molecule has 1 saturated heterocycles. The number of rotatable bonds is 4. The van der Waals surface area contributed by atoms with Crippen LogP contribution in [0.3, 0.4) is 0 Å². The maximum Gasteiger partial charge on any atom is 0.227 e. The maximum atomic E-state index is 11.2. The van der Waals surface area contributed by atoms with Crippen molar-refractivity contribution in [2.45, 2.75) is 13.8 Å². The van der Waals surface area contributed by atoms with Gasteiger partial charge in [-0.25, -0.2) is 4.98 Å². The van der Waals surface area contributed by atoms with Crippen LogP contribution in [0.25, 0.3) is 0 Å². The highest BCUT2D eigenvalue weighted by Crippen LogP contribution is 2.21. The van der Waals surface area contributed by atoms with E-state index in [-0.39, 0.29) is 5.91 Å². The Morgan fingerprint density at radius 2 is 1.92 bits per heavy atom. The average molecular weight is 327 g/mol. The number of hydrogen-bond acceptors (Lipinski definition) is 6. The monoisotopic (exact) mass is 327 g/mol. The van der Waals surface area contributed by atoms with E-state index in [0.29, 0.717) is 19.2 Å². The van der Waals surface area contributed by atoms with Gasteiger partial charge in [-0.3, -0.25) is 4.79 Å². The van der Waals surface area contributed by atoms with Crippen molar-refractivity contribution in [3.8, 4) is 0 Å². The van der Waals surface area contributed by atoms with Gasteiger partial charge in [0.2, 0.25) is 11.9 Å². The molecule has 24 heavy (non-hydrogen) atoms. The SMILES string of the molecule is CC(=O)Nc1cccc(Nc2cc(C)nc(N3CCOCC3)n2)c1. The Bertz CT molecular complexity index is 729. The van der Waals surface area contributed by atoms with Crippen LogP contribution >= 0.6 is 0 Å². The molecule has 1 aliphatic heterocycles. The predicted molar refractivity (Wildman–Crippen MR) is 93.8 cm³/mol. The van der Waals surface area contributed by atoms with Crippen molar-refractivity contribution in [2.75, 3.05) is 41.8 Å². The van der Waals surface area contributed by atoms with Crippen LogP contribution in [0.5, 0.6) is 0 Å². The zero-order valence-corrected chi connectivity index (χ0v) is 13.9. The van der Waals surface area contributed by atoms with E-state index in [1.165, 1.54) is 6.92 Å². The topological polar surface area (TPSA) is 79.4 Å². The van der Waals surface area contributed by atoms with E-state index in [0.717, 1.165) is 36.0 Å². The van der Waals surface area contributed by atoms with Crippen LogP contribution in [0.1, 0.15) is 12.6 Å². The fraction of sp³-hybridized carbons (Fsp3) is 0.353. The summed E-state index contributed by atoms with van der Waals surface area (Å²) in [6, 6.07) is 9.42. The molecule has 0 saturated carbocycles. The Labute approximate surface area is 141 Å². The molecule has 0 bridgehead atoms. The number of benzene rings is 1. The molecule has 0 spiro atoms. The normalized spacial score (nSPS) is 14.3. The molecule has 2 aromatic rings. The molecule has 1 fully saturated rings. The Morgan fingerprint density at radius 3 is 2.67 bits per heavy atom. The lowest BCUT2D eigenvalue weighted by Gasteiger charge is -2.27. The number of aromatic nitrogens is 2. The number of ether oxygens (including phenoxy) is 1. The van der Waals surface area contributed by atoms with E-state index in [1.807, 2.05) is 37.3 Å². The van der Waals surface area contributed by atoms with Gasteiger partial charge in [0.05, 0.1) is 13.2 Å². The lowest BCUT2D eigenvalue weighted by atomic mass is 10.2. The van der Waals surface area contributed by atoms with Crippen molar-refractivity contribution >= 4 is 29.0 Å². The van der Waals surface area contributed by atoms with E-state index < -0.39 is 0 Å². The molecule has 0 aliphatic carbocycles. The van der Waals surface area contributed by atoms with Crippen molar-refractivity contribution in [3.63, 3.8) is 0 Å². The smallest absolute Gasteiger partial charge is 0.227 e. The number of anilines is 4. The minimum absolute atomic E-state index is 0.0976. The molecule has 1 amide bonds. The minimum atomic E-state index is -0.0976. The van der Waals surface area contributed by atoms with Crippen molar-refractivity contribution < 1.29 is 9.53 Å². The first kappa shape index (κ1) is 16.2. The molecule has 1 aromatic carbocycles. The van der Waals surface area contributed by atoms with Gasteiger partial charge in [0.1, 0.15) is 5.82 Å². The van der Waals surface area contributed by atoms with Gasteiger partial charge in [0, 0.05) is 43.1 Å². The van der Waals surface area contributed by atoms with Gasteiger partial charge in [-0.2, -0.15) is 4.98 Å². The molecule has 3 rings (SSSR count). The summed E-state index contributed by atoms with van der Waals surface area (Å²) in [5, 5.41) is 6.05. The fourth-order valence-corrected chi connectivity index (χ4v) is 2.55. The molecule has 2 N–H and O–H groups in total. The number of nitrogens with zero attached hydrogens (tertiary/aromatic N) is 3. The summed E-state index contributed by atoms with van der Waals surface area (Å²) in [7, 11) is 0. The van der Waals surface area contributed by atoms with Crippen LogP contribution in [0.2, 0.25) is 0 Å². The standard InChI is InChI=1S/C17H21N5O2/c1-12-10-16(21-17(18-12)22-6-8-24-9-7-22)20-15-5-3-4-14(11-15)19-13(2)23/h3-5,10-11H,6-9H2,1-2H3,(H,19,23)(H,18,20,21). The minimum Gasteiger partial charge on any atom is -0.378 e. The van der Waals surface area contributed by atoms with Crippen molar-refractivity contribution in [1.29, 1.82) is 0 Å². The highest BCUT2D eigenvalue weighted by atomic mass is 16.5. The maximum absolute atomic E-state index is 11.2. The number of hydrogen-bond donors (Lipinski definition) is 2. The lowest BCUT2D eigenvalue weighted by molar-refractivity contribution is -0.114. The summed E-state index contributed by atoms with van der Waals surface area (Å²) in [6.07, 6.45) is 0. The van der Waals surface area contributed by atoms with Crippen molar-refractivity contribution in [2.24, 2.45) is 0 Å². The van der Waals surface area contributed by atoms with Gasteiger partial charge in [-0.15, -0.1) is 0 Å². The van der Waals surface area contributed by atoms with Crippen LogP contribution in [0, 0.1) is 6.92 Å². The molecule has 1 aliphatic rings. The van der Waals surface area contributed by atoms with Crippen molar-refractivity contribution in [1.82, 2.24) is 9.97 Å². The van der Waals surface area contributed by atoms with Gasteiger partial charge in [0.25, 0.3) is 0 Å². The molecule has 7 heteroatoms. The highest BCUT2D eigenvalue weighted by Gasteiger charge is 2.15. The second-order valence-corrected chi connectivity index (χ2v) is 5.68. The van der Waals surface area contributed by atoms with E-state index in [4.69, 9.17) is 4.74 Å². The van der Waals surface area contributed by atoms with E-state index in [2.05, 4.69) is 25.5 Å². The van der Waals surface area contributed by atoms with E-state index >= 15 is 0 Å². The zero-order chi connectivity index (χ0) is 16.9. The van der Waals surface area contributed by atoms with Crippen LogP contribution in [0.4, 0.5) is 23.1 Å². The second-order valence-electron chi connectivity index (χ2n) is 5.68. The van der Waals surface area contributed by atoms with Crippen LogP contribution < -0.4 is 15.5 Å². The van der Waals surface area contributed by atoms with Crippen LogP contribution in [-0.2, 0) is 9.53 Å². The summed E-state index contributed by atoms with van der Waals surface area (Å²) in [6.45, 7) is 6.41. The highest BCUT2D eigenvalue weighted by molar-refractivity contribution is 5.89. The Hall–Kier alpha value is -2.67. The number of morpholine rings is 1. The number of aryl methyl sites for hydroxylation is 1. The molecule has 1 aromatic heterocycles. The quantitative estimate of drug-likeness (QED) is 0.897. The van der Waals surface area contributed by atoms with Gasteiger partial charge in [-0.1, -0.05) is 6.07 Å². The van der Waals surface area contributed by atoms with Gasteiger partial charge in [0.15, 0.2) is 0 Å². The molecule has 7 nitrogen and oxygen atoms in total. The molecular formula is C17H21N5O2. The summed E-state index contributed by atoms with van der Waals surface area (Å²) in [4.78, 5) is 22.4. The van der Waals surface area contributed by atoms with Gasteiger partial charge < -0.3 is 20.3 Å². The molecule has 0 radical (unpaired) electrons. The van der Waals surface area contributed by atoms with E-state index in [9.17, 15) is 4.79 Å². The van der Waals surface area contributed by atoms with Crippen LogP contribution in [-0.4, -0.2) is 42.2 Å². The summed E-state index contributed by atoms with van der Waals surface area (Å²) in [5.74, 6) is 1.34. The van der Waals surface area contributed by atoms with E-state index in [1.54, 1.807) is 0 Å². The summed E-state index contributed by atoms with van der Waals surface area (Å²) in [5.41, 5.74) is 2.49. The lowest BCUT2D eigenvalue weighted by Crippen LogP contribution is -2.37. The summed E-state index contributed by atoms with van der Waals surface area (Å²) >= 11 is 0. The third-order valence-corrected chi connectivity index (χ3v) is 3.59. The first-order chi connectivity index (χ1) is 11.6. The first-order valence-electron chi connectivity index (χ1n) is 7.93. The molecule has 126 valence electrons. The first-order valence-corrected chi connectivity index (χ1v) is 7.93. The number of amides is 1. The third-order valence-electron chi connectivity index (χ3n) is 3.59. The van der Waals surface area contributed by atoms with Gasteiger partial charge >= 0.3 is 0 Å². The molecule has 0 atom stereocenters. The Balaban J connectivity index is 1.79. The zero-order valence-electron chi connectivity index (χ0n) is 13.9. The molecule has 2 heterocycles. The molecular weight excluding hydrogens is 306 g/mol. The van der Waals surface area contributed by atoms with Gasteiger partial charge in [-0.05, 0) is 25.1 Å². The number of carbonyl (C=O) groups is 1. The second kappa shape index (κ2) is 7.27. The third kappa shape index (κ3) is 4.20. The Kier molecular flexibility index (Phi) is 4.90. The average Bonchev–Trinajstić information content (AvgIpc) is 2.55. The summed E-state index contributed by atoms with van der Waals surface area (Å²) < 4.78 is 5.37.